The minimum atomic E-state index is -0.600. The van der Waals surface area contributed by atoms with Crippen molar-refractivity contribution in [2.24, 2.45) is 0 Å². The number of para-hydroxylation sites is 3. The Morgan fingerprint density at radius 3 is 2.57 bits per heavy atom. The molecule has 3 aromatic rings. The number of benzene rings is 2. The molecule has 0 saturated heterocycles. The van der Waals surface area contributed by atoms with Gasteiger partial charge < -0.3 is 14.4 Å². The predicted molar refractivity (Wildman–Crippen MR) is 118 cm³/mol. The first-order chi connectivity index (χ1) is 13.2. The fraction of sp³-hybridized carbons (Fsp3) is 0.409. The van der Waals surface area contributed by atoms with Gasteiger partial charge in [0.05, 0.1) is 22.1 Å². The molecular formula is C22H26BrClN2O2. The summed E-state index contributed by atoms with van der Waals surface area (Å²) in [5.41, 5.74) is 2.11. The van der Waals surface area contributed by atoms with Gasteiger partial charge in [-0.2, -0.15) is 0 Å². The Balaban J connectivity index is 0.00000225. The standard InChI is InChI=1S/C22H25BrN2O2.ClH/c23-18-10-4-7-13-21(18)27-15-17(26)14-25-20-12-6-5-11-19(20)24-22(25)16-8-2-1-3-9-16;/h4-7,10-13,16-17,26H,1-3,8-9,14-15H2;1H. The quantitative estimate of drug-likeness (QED) is 0.507. The molecule has 0 radical (unpaired) electrons. The van der Waals surface area contributed by atoms with Gasteiger partial charge in [0.25, 0.3) is 0 Å². The molecule has 1 aromatic heterocycles. The molecule has 4 nitrogen and oxygen atoms in total. The van der Waals surface area contributed by atoms with E-state index in [1.807, 2.05) is 36.4 Å². The van der Waals surface area contributed by atoms with Crippen LogP contribution in [0.2, 0.25) is 0 Å². The summed E-state index contributed by atoms with van der Waals surface area (Å²) in [6.45, 7) is 0.746. The van der Waals surface area contributed by atoms with Crippen molar-refractivity contribution in [2.75, 3.05) is 6.61 Å². The third-order valence-corrected chi connectivity index (χ3v) is 5.97. The van der Waals surface area contributed by atoms with Gasteiger partial charge in [0.1, 0.15) is 24.3 Å². The number of aliphatic hydroxyl groups excluding tert-OH is 1. The van der Waals surface area contributed by atoms with E-state index < -0.39 is 6.10 Å². The van der Waals surface area contributed by atoms with E-state index in [1.54, 1.807) is 0 Å². The topological polar surface area (TPSA) is 47.3 Å². The van der Waals surface area contributed by atoms with Gasteiger partial charge in [0, 0.05) is 5.92 Å². The van der Waals surface area contributed by atoms with Crippen molar-refractivity contribution in [2.45, 2.75) is 50.7 Å². The van der Waals surface area contributed by atoms with Crippen molar-refractivity contribution in [3.05, 3.63) is 58.8 Å². The van der Waals surface area contributed by atoms with E-state index in [4.69, 9.17) is 9.72 Å². The number of halogens is 2. The molecule has 2 aromatic carbocycles. The van der Waals surface area contributed by atoms with E-state index in [1.165, 1.54) is 32.1 Å². The molecule has 1 saturated carbocycles. The van der Waals surface area contributed by atoms with Crippen LogP contribution in [-0.4, -0.2) is 27.4 Å². The lowest BCUT2D eigenvalue weighted by Gasteiger charge is -2.23. The fourth-order valence-electron chi connectivity index (χ4n) is 3.97. The van der Waals surface area contributed by atoms with Crippen molar-refractivity contribution < 1.29 is 9.84 Å². The molecule has 1 fully saturated rings. The summed E-state index contributed by atoms with van der Waals surface area (Å²) >= 11 is 3.48. The normalized spacial score (nSPS) is 15.9. The highest BCUT2D eigenvalue weighted by Gasteiger charge is 2.23. The van der Waals surface area contributed by atoms with Crippen molar-refractivity contribution in [3.8, 4) is 5.75 Å². The number of imidazole rings is 1. The van der Waals surface area contributed by atoms with Gasteiger partial charge in [0.15, 0.2) is 0 Å². The third-order valence-electron chi connectivity index (χ3n) is 5.32. The van der Waals surface area contributed by atoms with Crippen LogP contribution in [0.4, 0.5) is 0 Å². The highest BCUT2D eigenvalue weighted by Crippen LogP contribution is 2.34. The van der Waals surface area contributed by atoms with Gasteiger partial charge in [-0.3, -0.25) is 0 Å². The van der Waals surface area contributed by atoms with Gasteiger partial charge in [-0.05, 0) is 53.0 Å². The monoisotopic (exact) mass is 464 g/mol. The van der Waals surface area contributed by atoms with E-state index in [-0.39, 0.29) is 19.0 Å². The largest absolute Gasteiger partial charge is 0.490 e. The number of ether oxygens (including phenoxy) is 1. The Kier molecular flexibility index (Phi) is 7.38. The van der Waals surface area contributed by atoms with Crippen LogP contribution in [0.3, 0.4) is 0 Å². The molecule has 0 bridgehead atoms. The van der Waals surface area contributed by atoms with Crippen molar-refractivity contribution in [1.29, 1.82) is 0 Å². The van der Waals surface area contributed by atoms with Crippen molar-refractivity contribution in [3.63, 3.8) is 0 Å². The molecule has 0 spiro atoms. The lowest BCUT2D eigenvalue weighted by atomic mass is 9.88. The Bertz CT molecular complexity index is 908. The average molecular weight is 466 g/mol. The zero-order chi connectivity index (χ0) is 18.6. The van der Waals surface area contributed by atoms with E-state index in [9.17, 15) is 5.11 Å². The summed E-state index contributed by atoms with van der Waals surface area (Å²) in [5.74, 6) is 2.36. The molecule has 1 aliphatic carbocycles. The van der Waals surface area contributed by atoms with E-state index in [2.05, 4.69) is 32.6 Å². The number of aromatic nitrogens is 2. The first-order valence-electron chi connectivity index (χ1n) is 9.73. The van der Waals surface area contributed by atoms with Crippen LogP contribution in [0, 0.1) is 0 Å². The molecule has 4 rings (SSSR count). The maximum Gasteiger partial charge on any atom is 0.133 e. The maximum absolute atomic E-state index is 10.7. The summed E-state index contributed by atoms with van der Waals surface area (Å²) in [6, 6.07) is 15.9. The molecule has 1 atom stereocenters. The van der Waals surface area contributed by atoms with Gasteiger partial charge in [-0.1, -0.05) is 43.5 Å². The second kappa shape index (κ2) is 9.77. The van der Waals surface area contributed by atoms with Crippen molar-refractivity contribution in [1.82, 2.24) is 9.55 Å². The zero-order valence-electron chi connectivity index (χ0n) is 15.8. The highest BCUT2D eigenvalue weighted by atomic mass is 79.9. The molecule has 1 aliphatic rings. The van der Waals surface area contributed by atoms with Crippen LogP contribution in [-0.2, 0) is 6.54 Å². The minimum Gasteiger partial charge on any atom is -0.490 e. The molecule has 1 unspecified atom stereocenters. The van der Waals surface area contributed by atoms with Gasteiger partial charge in [-0.25, -0.2) is 4.98 Å². The smallest absolute Gasteiger partial charge is 0.133 e. The zero-order valence-corrected chi connectivity index (χ0v) is 18.2. The van der Waals surface area contributed by atoms with Crippen LogP contribution in [0.25, 0.3) is 11.0 Å². The molecule has 150 valence electrons. The number of nitrogens with zero attached hydrogens (tertiary/aromatic N) is 2. The SMILES string of the molecule is Cl.OC(COc1ccccc1Br)Cn1c(C2CCCCC2)nc2ccccc21. The highest BCUT2D eigenvalue weighted by molar-refractivity contribution is 9.10. The predicted octanol–water partition coefficient (Wildman–Crippen LogP) is 5.71. The molecular weight excluding hydrogens is 440 g/mol. The Morgan fingerprint density at radius 2 is 1.79 bits per heavy atom. The second-order valence-corrected chi connectivity index (χ2v) is 8.15. The summed E-state index contributed by atoms with van der Waals surface area (Å²) in [4.78, 5) is 4.93. The lowest BCUT2D eigenvalue weighted by molar-refractivity contribution is 0.0918. The molecule has 6 heteroatoms. The summed E-state index contributed by atoms with van der Waals surface area (Å²) < 4.78 is 8.92. The molecule has 1 N–H and O–H groups in total. The van der Waals surface area contributed by atoms with E-state index in [0.29, 0.717) is 12.5 Å². The number of aliphatic hydroxyl groups is 1. The van der Waals surface area contributed by atoms with Crippen LogP contribution in [0.5, 0.6) is 5.75 Å². The number of hydrogen-bond donors (Lipinski definition) is 1. The van der Waals surface area contributed by atoms with Crippen LogP contribution >= 0.6 is 28.3 Å². The van der Waals surface area contributed by atoms with E-state index >= 15 is 0 Å². The number of fused-ring (bicyclic) bond motifs is 1. The third kappa shape index (κ3) is 4.70. The second-order valence-electron chi connectivity index (χ2n) is 7.30. The Labute approximate surface area is 180 Å². The molecule has 28 heavy (non-hydrogen) atoms. The first kappa shape index (κ1) is 21.2. The Morgan fingerprint density at radius 1 is 1.07 bits per heavy atom. The van der Waals surface area contributed by atoms with Crippen LogP contribution in [0.1, 0.15) is 43.8 Å². The van der Waals surface area contributed by atoms with Gasteiger partial charge >= 0.3 is 0 Å². The fourth-order valence-corrected chi connectivity index (χ4v) is 4.37. The molecule has 1 heterocycles. The number of rotatable bonds is 6. The lowest BCUT2D eigenvalue weighted by Crippen LogP contribution is -2.25. The molecule has 0 amide bonds. The number of hydrogen-bond acceptors (Lipinski definition) is 3. The first-order valence-corrected chi connectivity index (χ1v) is 10.5. The average Bonchev–Trinajstić information content (AvgIpc) is 3.06. The summed E-state index contributed by atoms with van der Waals surface area (Å²) in [7, 11) is 0. The maximum atomic E-state index is 10.7. The van der Waals surface area contributed by atoms with Crippen molar-refractivity contribution >= 4 is 39.4 Å². The molecule has 0 aliphatic heterocycles. The van der Waals surface area contributed by atoms with E-state index in [0.717, 1.165) is 27.1 Å². The van der Waals surface area contributed by atoms with Crippen LogP contribution in [0.15, 0.2) is 53.0 Å². The Hall–Kier alpha value is -1.56. The van der Waals surface area contributed by atoms with Crippen LogP contribution < -0.4 is 4.74 Å². The summed E-state index contributed by atoms with van der Waals surface area (Å²) in [6.07, 6.45) is 5.62. The summed E-state index contributed by atoms with van der Waals surface area (Å²) in [5, 5.41) is 10.7. The van der Waals surface area contributed by atoms with Gasteiger partial charge in [-0.15, -0.1) is 12.4 Å². The minimum absolute atomic E-state index is 0. The van der Waals surface area contributed by atoms with Gasteiger partial charge in [0.2, 0.25) is 0 Å².